The number of nitrogens with one attached hydrogen (secondary N) is 2. The number of fused-ring (bicyclic) bond motifs is 1. The van der Waals surface area contributed by atoms with Crippen molar-refractivity contribution in [1.29, 1.82) is 0 Å². The van der Waals surface area contributed by atoms with E-state index in [4.69, 9.17) is 0 Å². The molecule has 164 valence electrons. The fourth-order valence-electron chi connectivity index (χ4n) is 3.20. The summed E-state index contributed by atoms with van der Waals surface area (Å²) in [6.45, 7) is 4.01. The number of carbonyl (C=O) groups is 1. The van der Waals surface area contributed by atoms with Crippen LogP contribution < -0.4 is 10.6 Å². The average molecular weight is 439 g/mol. The van der Waals surface area contributed by atoms with Crippen molar-refractivity contribution >= 4 is 33.3 Å². The predicted molar refractivity (Wildman–Crippen MR) is 128 cm³/mol. The molecule has 1 aromatic heterocycles. The van der Waals surface area contributed by atoms with Crippen molar-refractivity contribution in [2.24, 2.45) is 4.99 Å². The summed E-state index contributed by atoms with van der Waals surface area (Å²) in [5.74, 6) is 0.665. The van der Waals surface area contributed by atoms with Gasteiger partial charge in [-0.05, 0) is 30.0 Å². The van der Waals surface area contributed by atoms with Gasteiger partial charge in [0.1, 0.15) is 6.10 Å². The van der Waals surface area contributed by atoms with Crippen LogP contribution in [0.4, 0.5) is 0 Å². The Balaban J connectivity index is 1.49. The first-order valence-corrected chi connectivity index (χ1v) is 11.3. The summed E-state index contributed by atoms with van der Waals surface area (Å²) in [7, 11) is 1.82. The number of aliphatic imine (C=N–C) groups is 1. The second-order valence-corrected chi connectivity index (χ2v) is 8.45. The van der Waals surface area contributed by atoms with Crippen LogP contribution in [-0.2, 0) is 11.3 Å². The SMILES string of the molecule is CCNC(=NCC(O)c1cc2ccccc2s1)NCCC(=O)N(C)Cc1ccccc1. The topological polar surface area (TPSA) is 77.0 Å². The number of carbonyl (C=O) groups excluding carboxylic acids is 1. The third kappa shape index (κ3) is 6.80. The van der Waals surface area contributed by atoms with E-state index in [2.05, 4.69) is 21.7 Å². The number of thiophene rings is 1. The first-order chi connectivity index (χ1) is 15.1. The van der Waals surface area contributed by atoms with Gasteiger partial charge in [-0.2, -0.15) is 0 Å². The molecular formula is C24H30N4O2S. The van der Waals surface area contributed by atoms with Crippen LogP contribution in [0.15, 0.2) is 65.7 Å². The Labute approximate surface area is 187 Å². The molecule has 1 unspecified atom stereocenters. The minimum atomic E-state index is -0.661. The van der Waals surface area contributed by atoms with Crippen LogP contribution in [-0.4, -0.2) is 48.6 Å². The standard InChI is InChI=1S/C24H30N4O2S/c1-3-25-24(26-14-13-23(30)28(2)17-18-9-5-4-6-10-18)27-16-20(29)22-15-19-11-7-8-12-21(19)31-22/h4-12,15,20,29H,3,13-14,16-17H2,1-2H3,(H2,25,26,27). The van der Waals surface area contributed by atoms with Gasteiger partial charge in [0, 0.05) is 42.7 Å². The number of hydrogen-bond acceptors (Lipinski definition) is 4. The van der Waals surface area contributed by atoms with Gasteiger partial charge in [-0.25, -0.2) is 0 Å². The zero-order valence-electron chi connectivity index (χ0n) is 18.0. The first-order valence-electron chi connectivity index (χ1n) is 10.5. The van der Waals surface area contributed by atoms with Crippen molar-refractivity contribution in [3.8, 4) is 0 Å². The van der Waals surface area contributed by atoms with Gasteiger partial charge < -0.3 is 20.6 Å². The van der Waals surface area contributed by atoms with Crippen molar-refractivity contribution in [2.75, 3.05) is 26.7 Å². The van der Waals surface area contributed by atoms with Crippen LogP contribution >= 0.6 is 11.3 Å². The number of nitrogens with zero attached hydrogens (tertiary/aromatic N) is 2. The van der Waals surface area contributed by atoms with E-state index in [1.807, 2.05) is 68.6 Å². The highest BCUT2D eigenvalue weighted by Gasteiger charge is 2.12. The molecule has 1 atom stereocenters. The molecular weight excluding hydrogens is 408 g/mol. The van der Waals surface area contributed by atoms with Gasteiger partial charge in [0.25, 0.3) is 0 Å². The molecule has 0 aliphatic heterocycles. The molecule has 0 bridgehead atoms. The normalized spacial score (nSPS) is 12.5. The lowest BCUT2D eigenvalue weighted by Crippen LogP contribution is -2.39. The smallest absolute Gasteiger partial charge is 0.224 e. The highest BCUT2D eigenvalue weighted by atomic mass is 32.1. The Hall–Kier alpha value is -2.90. The van der Waals surface area contributed by atoms with E-state index in [0.29, 0.717) is 32.0 Å². The third-order valence-corrected chi connectivity index (χ3v) is 6.08. The maximum atomic E-state index is 12.4. The van der Waals surface area contributed by atoms with Crippen LogP contribution in [0.5, 0.6) is 0 Å². The molecule has 3 rings (SSSR count). The van der Waals surface area contributed by atoms with Gasteiger partial charge in [-0.1, -0.05) is 48.5 Å². The van der Waals surface area contributed by atoms with E-state index in [9.17, 15) is 9.90 Å². The van der Waals surface area contributed by atoms with Crippen LogP contribution in [0.2, 0.25) is 0 Å². The molecule has 0 saturated heterocycles. The Kier molecular flexibility index (Phi) is 8.44. The highest BCUT2D eigenvalue weighted by molar-refractivity contribution is 7.19. The number of amides is 1. The van der Waals surface area contributed by atoms with Crippen LogP contribution in [0.3, 0.4) is 0 Å². The lowest BCUT2D eigenvalue weighted by molar-refractivity contribution is -0.130. The van der Waals surface area contributed by atoms with Crippen LogP contribution in [0, 0.1) is 0 Å². The Morgan fingerprint density at radius 2 is 1.87 bits per heavy atom. The number of aliphatic hydroxyl groups excluding tert-OH is 1. The molecule has 3 aromatic rings. The summed E-state index contributed by atoms with van der Waals surface area (Å²) in [5.41, 5.74) is 1.11. The molecule has 0 aliphatic rings. The van der Waals surface area contributed by atoms with Gasteiger partial charge >= 0.3 is 0 Å². The maximum absolute atomic E-state index is 12.4. The molecule has 3 N–H and O–H groups in total. The molecule has 7 heteroatoms. The molecule has 0 spiro atoms. The van der Waals surface area contributed by atoms with Crippen LogP contribution in [0.1, 0.15) is 29.9 Å². The second kappa shape index (κ2) is 11.5. The minimum absolute atomic E-state index is 0.0671. The van der Waals surface area contributed by atoms with Crippen molar-refractivity contribution in [3.63, 3.8) is 0 Å². The Bertz CT molecular complexity index is 970. The van der Waals surface area contributed by atoms with E-state index < -0.39 is 6.10 Å². The molecule has 0 fully saturated rings. The Morgan fingerprint density at radius 3 is 2.61 bits per heavy atom. The first kappa shape index (κ1) is 22.8. The van der Waals surface area contributed by atoms with Crippen LogP contribution in [0.25, 0.3) is 10.1 Å². The van der Waals surface area contributed by atoms with Gasteiger partial charge in [0.2, 0.25) is 5.91 Å². The number of aliphatic hydroxyl groups is 1. The van der Waals surface area contributed by atoms with Gasteiger partial charge in [-0.15, -0.1) is 11.3 Å². The fourth-order valence-corrected chi connectivity index (χ4v) is 4.24. The highest BCUT2D eigenvalue weighted by Crippen LogP contribution is 2.29. The van der Waals surface area contributed by atoms with Crippen molar-refractivity contribution < 1.29 is 9.90 Å². The quantitative estimate of drug-likeness (QED) is 0.353. The number of benzene rings is 2. The molecule has 6 nitrogen and oxygen atoms in total. The van der Waals surface area contributed by atoms with Crippen molar-refractivity contribution in [2.45, 2.75) is 26.0 Å². The fraction of sp³-hybridized carbons (Fsp3) is 0.333. The van der Waals surface area contributed by atoms with Gasteiger partial charge in [0.05, 0.1) is 6.54 Å². The molecule has 1 heterocycles. The summed E-state index contributed by atoms with van der Waals surface area (Å²) < 4.78 is 1.16. The number of guanidine groups is 1. The summed E-state index contributed by atoms with van der Waals surface area (Å²) >= 11 is 1.59. The lowest BCUT2D eigenvalue weighted by Gasteiger charge is -2.18. The summed E-state index contributed by atoms with van der Waals surface area (Å²) in [4.78, 5) is 19.5. The number of rotatable bonds is 9. The summed E-state index contributed by atoms with van der Waals surface area (Å²) in [6, 6.07) is 20.0. The molecule has 0 saturated carbocycles. The van der Waals surface area contributed by atoms with E-state index in [-0.39, 0.29) is 12.5 Å². The zero-order valence-corrected chi connectivity index (χ0v) is 18.9. The molecule has 2 aromatic carbocycles. The van der Waals surface area contributed by atoms with Crippen molar-refractivity contribution in [1.82, 2.24) is 15.5 Å². The minimum Gasteiger partial charge on any atom is -0.386 e. The second-order valence-electron chi connectivity index (χ2n) is 7.33. The van der Waals surface area contributed by atoms with E-state index in [1.54, 1.807) is 16.2 Å². The molecule has 31 heavy (non-hydrogen) atoms. The summed E-state index contributed by atoms with van der Waals surface area (Å²) in [6.07, 6.45) is -0.293. The van der Waals surface area contributed by atoms with E-state index in [0.717, 1.165) is 20.5 Å². The zero-order chi connectivity index (χ0) is 22.1. The lowest BCUT2D eigenvalue weighted by atomic mass is 10.2. The summed E-state index contributed by atoms with van der Waals surface area (Å²) in [5, 5.41) is 18.0. The monoisotopic (exact) mass is 438 g/mol. The predicted octanol–water partition coefficient (Wildman–Crippen LogP) is 3.54. The molecule has 0 radical (unpaired) electrons. The van der Waals surface area contributed by atoms with E-state index >= 15 is 0 Å². The van der Waals surface area contributed by atoms with Gasteiger partial charge in [0.15, 0.2) is 5.96 Å². The third-order valence-electron chi connectivity index (χ3n) is 4.86. The van der Waals surface area contributed by atoms with Crippen molar-refractivity contribution in [3.05, 3.63) is 71.1 Å². The molecule has 1 amide bonds. The van der Waals surface area contributed by atoms with Gasteiger partial charge in [-0.3, -0.25) is 9.79 Å². The Morgan fingerprint density at radius 1 is 1.13 bits per heavy atom. The average Bonchev–Trinajstić information content (AvgIpc) is 3.22. The molecule has 0 aliphatic carbocycles. The maximum Gasteiger partial charge on any atom is 0.224 e. The number of hydrogen-bond donors (Lipinski definition) is 3. The largest absolute Gasteiger partial charge is 0.386 e. The van der Waals surface area contributed by atoms with E-state index in [1.165, 1.54) is 0 Å².